The standard InChI is InChI=1S/C16H16BrNO/c1-10-4-6-14(9-11(10)2)18-16(19)13-5-7-15(17)12(3)8-13/h4-9H,1-3H3,(H,18,19). The van der Waals surface area contributed by atoms with Gasteiger partial charge >= 0.3 is 0 Å². The van der Waals surface area contributed by atoms with E-state index in [1.165, 1.54) is 11.1 Å². The maximum atomic E-state index is 12.1. The van der Waals surface area contributed by atoms with Crippen molar-refractivity contribution in [2.24, 2.45) is 0 Å². The summed E-state index contributed by atoms with van der Waals surface area (Å²) in [6.07, 6.45) is 0. The van der Waals surface area contributed by atoms with Gasteiger partial charge in [0.1, 0.15) is 0 Å². The molecule has 0 aliphatic carbocycles. The third-order valence-electron chi connectivity index (χ3n) is 3.18. The number of carbonyl (C=O) groups is 1. The van der Waals surface area contributed by atoms with Gasteiger partial charge in [0.05, 0.1) is 0 Å². The zero-order valence-corrected chi connectivity index (χ0v) is 12.8. The second kappa shape index (κ2) is 5.57. The number of hydrogen-bond acceptors (Lipinski definition) is 1. The molecule has 0 spiro atoms. The topological polar surface area (TPSA) is 29.1 Å². The van der Waals surface area contributed by atoms with Gasteiger partial charge in [0.25, 0.3) is 5.91 Å². The first-order valence-corrected chi connectivity index (χ1v) is 6.91. The molecule has 3 heteroatoms. The van der Waals surface area contributed by atoms with Crippen LogP contribution in [0.4, 0.5) is 5.69 Å². The number of aryl methyl sites for hydroxylation is 3. The molecule has 0 unspecified atom stereocenters. The number of hydrogen-bond donors (Lipinski definition) is 1. The lowest BCUT2D eigenvalue weighted by molar-refractivity contribution is 0.102. The zero-order valence-electron chi connectivity index (χ0n) is 11.3. The molecular weight excluding hydrogens is 302 g/mol. The van der Waals surface area contributed by atoms with Crippen molar-refractivity contribution in [3.05, 3.63) is 63.1 Å². The van der Waals surface area contributed by atoms with E-state index in [1.807, 2.05) is 50.2 Å². The number of anilines is 1. The molecule has 2 rings (SSSR count). The third-order valence-corrected chi connectivity index (χ3v) is 4.07. The van der Waals surface area contributed by atoms with Gasteiger partial charge < -0.3 is 5.32 Å². The van der Waals surface area contributed by atoms with Crippen LogP contribution in [0.5, 0.6) is 0 Å². The molecule has 2 aromatic rings. The van der Waals surface area contributed by atoms with E-state index in [-0.39, 0.29) is 5.91 Å². The highest BCUT2D eigenvalue weighted by atomic mass is 79.9. The van der Waals surface area contributed by atoms with E-state index in [0.717, 1.165) is 15.7 Å². The first kappa shape index (κ1) is 13.8. The van der Waals surface area contributed by atoms with E-state index in [9.17, 15) is 4.79 Å². The quantitative estimate of drug-likeness (QED) is 0.859. The van der Waals surface area contributed by atoms with Gasteiger partial charge in [0.2, 0.25) is 0 Å². The van der Waals surface area contributed by atoms with Gasteiger partial charge in [0, 0.05) is 15.7 Å². The molecule has 0 heterocycles. The summed E-state index contributed by atoms with van der Waals surface area (Å²) in [4.78, 5) is 12.1. The summed E-state index contributed by atoms with van der Waals surface area (Å²) in [6, 6.07) is 11.5. The summed E-state index contributed by atoms with van der Waals surface area (Å²) in [6.45, 7) is 6.06. The molecule has 19 heavy (non-hydrogen) atoms. The first-order valence-electron chi connectivity index (χ1n) is 6.12. The Morgan fingerprint density at radius 3 is 2.32 bits per heavy atom. The normalized spacial score (nSPS) is 10.3. The SMILES string of the molecule is Cc1ccc(NC(=O)c2ccc(Br)c(C)c2)cc1C. The van der Waals surface area contributed by atoms with E-state index in [2.05, 4.69) is 28.2 Å². The van der Waals surface area contributed by atoms with Gasteiger partial charge in [0.15, 0.2) is 0 Å². The highest BCUT2D eigenvalue weighted by molar-refractivity contribution is 9.10. The lowest BCUT2D eigenvalue weighted by Gasteiger charge is -2.08. The summed E-state index contributed by atoms with van der Waals surface area (Å²) < 4.78 is 1.01. The summed E-state index contributed by atoms with van der Waals surface area (Å²) in [5.41, 5.74) is 4.93. The molecular formula is C16H16BrNO. The molecule has 0 aliphatic heterocycles. The minimum Gasteiger partial charge on any atom is -0.322 e. The van der Waals surface area contributed by atoms with E-state index in [0.29, 0.717) is 5.56 Å². The second-order valence-electron chi connectivity index (χ2n) is 4.72. The molecule has 0 saturated heterocycles. The predicted octanol–water partition coefficient (Wildman–Crippen LogP) is 4.63. The van der Waals surface area contributed by atoms with Crippen molar-refractivity contribution in [2.75, 3.05) is 5.32 Å². The third kappa shape index (κ3) is 3.24. The first-order chi connectivity index (χ1) is 8.97. The number of amides is 1. The average Bonchev–Trinajstić information content (AvgIpc) is 2.37. The number of nitrogens with one attached hydrogen (secondary N) is 1. The van der Waals surface area contributed by atoms with Gasteiger partial charge in [-0.15, -0.1) is 0 Å². The van der Waals surface area contributed by atoms with Crippen LogP contribution in [0.25, 0.3) is 0 Å². The fourth-order valence-electron chi connectivity index (χ4n) is 1.81. The van der Waals surface area contributed by atoms with Crippen molar-refractivity contribution in [3.8, 4) is 0 Å². The average molecular weight is 318 g/mol. The molecule has 98 valence electrons. The Kier molecular flexibility index (Phi) is 4.05. The smallest absolute Gasteiger partial charge is 0.255 e. The monoisotopic (exact) mass is 317 g/mol. The van der Waals surface area contributed by atoms with Crippen LogP contribution in [0.3, 0.4) is 0 Å². The molecule has 1 amide bonds. The Morgan fingerprint density at radius 2 is 1.68 bits per heavy atom. The molecule has 0 aliphatic rings. The minimum atomic E-state index is -0.0844. The van der Waals surface area contributed by atoms with Crippen molar-refractivity contribution in [3.63, 3.8) is 0 Å². The van der Waals surface area contributed by atoms with Crippen molar-refractivity contribution in [1.29, 1.82) is 0 Å². The lowest BCUT2D eigenvalue weighted by Crippen LogP contribution is -2.12. The Labute approximate surface area is 122 Å². The summed E-state index contributed by atoms with van der Waals surface area (Å²) in [7, 11) is 0. The molecule has 0 bridgehead atoms. The number of carbonyl (C=O) groups excluding carboxylic acids is 1. The Balaban J connectivity index is 2.20. The molecule has 2 nitrogen and oxygen atoms in total. The van der Waals surface area contributed by atoms with Gasteiger partial charge in [-0.25, -0.2) is 0 Å². The van der Waals surface area contributed by atoms with Crippen LogP contribution in [-0.2, 0) is 0 Å². The Hall–Kier alpha value is -1.61. The molecule has 0 radical (unpaired) electrons. The number of halogens is 1. The maximum absolute atomic E-state index is 12.1. The van der Waals surface area contributed by atoms with Gasteiger partial charge in [-0.1, -0.05) is 22.0 Å². The number of rotatable bonds is 2. The molecule has 0 aromatic heterocycles. The molecule has 1 N–H and O–H groups in total. The summed E-state index contributed by atoms with van der Waals surface area (Å²) >= 11 is 3.43. The van der Waals surface area contributed by atoms with Crippen LogP contribution in [0.2, 0.25) is 0 Å². The molecule has 2 aromatic carbocycles. The van der Waals surface area contributed by atoms with Crippen molar-refractivity contribution < 1.29 is 4.79 Å². The van der Waals surface area contributed by atoms with Crippen molar-refractivity contribution in [1.82, 2.24) is 0 Å². The summed E-state index contributed by atoms with van der Waals surface area (Å²) in [5, 5.41) is 2.92. The second-order valence-corrected chi connectivity index (χ2v) is 5.57. The predicted molar refractivity (Wildman–Crippen MR) is 82.7 cm³/mol. The van der Waals surface area contributed by atoms with Crippen LogP contribution in [0.1, 0.15) is 27.0 Å². The van der Waals surface area contributed by atoms with E-state index < -0.39 is 0 Å². The largest absolute Gasteiger partial charge is 0.322 e. The maximum Gasteiger partial charge on any atom is 0.255 e. The van der Waals surface area contributed by atoms with E-state index in [4.69, 9.17) is 0 Å². The zero-order chi connectivity index (χ0) is 14.0. The van der Waals surface area contributed by atoms with Crippen LogP contribution in [0, 0.1) is 20.8 Å². The van der Waals surface area contributed by atoms with Crippen LogP contribution in [-0.4, -0.2) is 5.91 Å². The summed E-state index contributed by atoms with van der Waals surface area (Å²) in [5.74, 6) is -0.0844. The van der Waals surface area contributed by atoms with Crippen molar-refractivity contribution >= 4 is 27.5 Å². The highest BCUT2D eigenvalue weighted by Gasteiger charge is 2.07. The van der Waals surface area contributed by atoms with E-state index >= 15 is 0 Å². The highest BCUT2D eigenvalue weighted by Crippen LogP contribution is 2.19. The van der Waals surface area contributed by atoms with Crippen molar-refractivity contribution in [2.45, 2.75) is 20.8 Å². The van der Waals surface area contributed by atoms with Crippen LogP contribution in [0.15, 0.2) is 40.9 Å². The van der Waals surface area contributed by atoms with Gasteiger partial charge in [-0.05, 0) is 67.8 Å². The van der Waals surface area contributed by atoms with Crippen LogP contribution < -0.4 is 5.32 Å². The molecule has 0 atom stereocenters. The van der Waals surface area contributed by atoms with Gasteiger partial charge in [-0.2, -0.15) is 0 Å². The van der Waals surface area contributed by atoms with E-state index in [1.54, 1.807) is 0 Å². The van der Waals surface area contributed by atoms with Crippen LogP contribution >= 0.6 is 15.9 Å². The number of benzene rings is 2. The Bertz CT molecular complexity index is 635. The fourth-order valence-corrected chi connectivity index (χ4v) is 2.05. The fraction of sp³-hybridized carbons (Fsp3) is 0.188. The van der Waals surface area contributed by atoms with Gasteiger partial charge in [-0.3, -0.25) is 4.79 Å². The molecule has 0 fully saturated rings. The molecule has 0 saturated carbocycles. The minimum absolute atomic E-state index is 0.0844. The lowest BCUT2D eigenvalue weighted by atomic mass is 10.1. The Morgan fingerprint density at radius 1 is 0.947 bits per heavy atom.